The first-order chi connectivity index (χ1) is 11.5. The number of amides is 1. The third kappa shape index (κ3) is 4.84. The van der Waals surface area contributed by atoms with Crippen LogP contribution in [-0.2, 0) is 6.54 Å². The minimum Gasteiger partial charge on any atom is -0.465 e. The van der Waals surface area contributed by atoms with Crippen molar-refractivity contribution < 1.29 is 9.90 Å². The number of halogens is 1. The van der Waals surface area contributed by atoms with Crippen molar-refractivity contribution in [3.63, 3.8) is 0 Å². The molecule has 0 saturated carbocycles. The number of hydrogen-bond acceptors (Lipinski definition) is 3. The molecule has 0 radical (unpaired) electrons. The first-order valence-corrected chi connectivity index (χ1v) is 8.50. The minimum absolute atomic E-state index is 0.155. The van der Waals surface area contributed by atoms with E-state index in [9.17, 15) is 9.59 Å². The number of carboxylic acid groups (broad SMARTS) is 1. The predicted molar refractivity (Wildman–Crippen MR) is 99.5 cm³/mol. The number of carbonyl (C=O) groups is 1. The van der Waals surface area contributed by atoms with E-state index >= 15 is 0 Å². The van der Waals surface area contributed by atoms with E-state index in [0.29, 0.717) is 10.7 Å². The van der Waals surface area contributed by atoms with Gasteiger partial charge >= 0.3 is 6.09 Å². The topological polar surface area (TPSA) is 71.3 Å². The van der Waals surface area contributed by atoms with E-state index in [1.165, 1.54) is 6.07 Å². The lowest BCUT2D eigenvalue weighted by atomic mass is 10.3. The number of fused-ring (bicyclic) bond motifs is 1. The summed E-state index contributed by atoms with van der Waals surface area (Å²) in [4.78, 5) is 21.8. The summed E-state index contributed by atoms with van der Waals surface area (Å²) in [5, 5.41) is 11.8. The molecule has 0 aliphatic carbocycles. The Hall–Kier alpha value is -2.31. The molecule has 0 aliphatic rings. The average Bonchev–Trinajstić information content (AvgIpc) is 2.85. The Balaban J connectivity index is 0.000000177. The Morgan fingerprint density at radius 2 is 2.00 bits per heavy atom. The molecule has 0 atom stereocenters. The van der Waals surface area contributed by atoms with Crippen LogP contribution in [0.25, 0.3) is 10.1 Å². The zero-order chi connectivity index (χ0) is 17.5. The van der Waals surface area contributed by atoms with Crippen LogP contribution in [0.1, 0.15) is 13.3 Å². The first-order valence-electron chi connectivity index (χ1n) is 7.35. The van der Waals surface area contributed by atoms with E-state index in [4.69, 9.17) is 16.7 Å². The highest BCUT2D eigenvalue weighted by Crippen LogP contribution is 2.16. The van der Waals surface area contributed by atoms with E-state index in [-0.39, 0.29) is 5.56 Å². The summed E-state index contributed by atoms with van der Waals surface area (Å²) in [6, 6.07) is 14.3. The summed E-state index contributed by atoms with van der Waals surface area (Å²) in [5.41, 5.74) is 0.632. The van der Waals surface area contributed by atoms with Crippen molar-refractivity contribution in [1.82, 2.24) is 3.96 Å². The molecule has 0 fully saturated rings. The third-order valence-electron chi connectivity index (χ3n) is 3.06. The molecule has 3 rings (SSSR count). The quantitative estimate of drug-likeness (QED) is 0.694. The SMILES string of the molecule is CCCn1sc2ccccc2c1=O.O=C(O)Nc1cccc(Cl)c1. The van der Waals surface area contributed by atoms with Crippen molar-refractivity contribution in [3.8, 4) is 0 Å². The molecule has 2 aromatic carbocycles. The van der Waals surface area contributed by atoms with Gasteiger partial charge in [-0.25, -0.2) is 4.79 Å². The van der Waals surface area contributed by atoms with E-state index in [0.717, 1.165) is 23.1 Å². The number of hydrogen-bond donors (Lipinski definition) is 2. The zero-order valence-corrected chi connectivity index (χ0v) is 14.6. The molecule has 1 amide bonds. The second-order valence-electron chi connectivity index (χ2n) is 4.94. The Labute approximate surface area is 148 Å². The van der Waals surface area contributed by atoms with Crippen LogP contribution in [0.15, 0.2) is 53.3 Å². The highest BCUT2D eigenvalue weighted by Gasteiger charge is 2.04. The molecule has 24 heavy (non-hydrogen) atoms. The maximum absolute atomic E-state index is 11.7. The number of anilines is 1. The van der Waals surface area contributed by atoms with Gasteiger partial charge in [0, 0.05) is 17.3 Å². The van der Waals surface area contributed by atoms with Crippen molar-refractivity contribution in [2.75, 3.05) is 5.32 Å². The molecule has 2 N–H and O–H groups in total. The molecule has 0 bridgehead atoms. The second-order valence-corrected chi connectivity index (χ2v) is 6.43. The molecule has 0 aliphatic heterocycles. The summed E-state index contributed by atoms with van der Waals surface area (Å²) >= 11 is 7.15. The van der Waals surface area contributed by atoms with Crippen molar-refractivity contribution in [1.29, 1.82) is 0 Å². The Kier molecular flexibility index (Phi) is 6.40. The van der Waals surface area contributed by atoms with Crippen LogP contribution < -0.4 is 10.9 Å². The molecule has 3 aromatic rings. The largest absolute Gasteiger partial charge is 0.465 e. The van der Waals surface area contributed by atoms with Crippen molar-refractivity contribution in [3.05, 3.63) is 63.9 Å². The van der Waals surface area contributed by atoms with Crippen molar-refractivity contribution >= 4 is 45.0 Å². The molecule has 1 heterocycles. The summed E-state index contributed by atoms with van der Waals surface area (Å²) in [6.07, 6.45) is -0.0838. The van der Waals surface area contributed by atoms with Crippen LogP contribution in [0.2, 0.25) is 5.02 Å². The van der Waals surface area contributed by atoms with Gasteiger partial charge in [-0.05, 0) is 36.8 Å². The van der Waals surface area contributed by atoms with Crippen molar-refractivity contribution in [2.24, 2.45) is 0 Å². The fraction of sp³-hybridized carbons (Fsp3) is 0.176. The summed E-state index contributed by atoms with van der Waals surface area (Å²) in [7, 11) is 0. The number of nitrogens with one attached hydrogen (secondary N) is 1. The summed E-state index contributed by atoms with van der Waals surface area (Å²) in [5.74, 6) is 0. The highest BCUT2D eigenvalue weighted by atomic mass is 35.5. The second kappa shape index (κ2) is 8.52. The molecular formula is C17H17ClN2O3S. The lowest BCUT2D eigenvalue weighted by molar-refractivity contribution is 0.210. The lowest BCUT2D eigenvalue weighted by Crippen LogP contribution is -2.12. The maximum atomic E-state index is 11.7. The number of rotatable bonds is 3. The summed E-state index contributed by atoms with van der Waals surface area (Å²) < 4.78 is 2.91. The smallest absolute Gasteiger partial charge is 0.409 e. The van der Waals surface area contributed by atoms with Gasteiger partial charge in [0.15, 0.2) is 0 Å². The molecule has 5 nitrogen and oxygen atoms in total. The predicted octanol–water partition coefficient (Wildman–Crippen LogP) is 4.90. The van der Waals surface area contributed by atoms with E-state index in [1.807, 2.05) is 28.2 Å². The molecule has 1 aromatic heterocycles. The monoisotopic (exact) mass is 364 g/mol. The van der Waals surface area contributed by atoms with Crippen LogP contribution >= 0.6 is 23.1 Å². The molecule has 0 saturated heterocycles. The Morgan fingerprint density at radius 1 is 1.25 bits per heavy atom. The van der Waals surface area contributed by atoms with Gasteiger partial charge in [-0.3, -0.25) is 14.1 Å². The third-order valence-corrected chi connectivity index (χ3v) is 4.41. The van der Waals surface area contributed by atoms with Gasteiger partial charge in [-0.1, -0.05) is 48.3 Å². The van der Waals surface area contributed by atoms with Crippen LogP contribution in [0.3, 0.4) is 0 Å². The van der Waals surface area contributed by atoms with Crippen molar-refractivity contribution in [2.45, 2.75) is 19.9 Å². The van der Waals surface area contributed by atoms with Crippen LogP contribution in [0, 0.1) is 0 Å². The van der Waals surface area contributed by atoms with Gasteiger partial charge in [0.25, 0.3) is 5.56 Å². The van der Waals surface area contributed by atoms with E-state index < -0.39 is 6.09 Å². The molecule has 0 spiro atoms. The van der Waals surface area contributed by atoms with Gasteiger partial charge in [-0.2, -0.15) is 0 Å². The normalized spacial score (nSPS) is 10.1. The lowest BCUT2D eigenvalue weighted by Gasteiger charge is -1.98. The van der Waals surface area contributed by atoms with Gasteiger partial charge in [0.05, 0.1) is 10.1 Å². The standard InChI is InChI=1S/C10H11NOS.C7H6ClNO2/c1-2-7-11-10(12)8-5-3-4-6-9(8)13-11;8-5-2-1-3-6(4-5)9-7(10)11/h3-6H,2,7H2,1H3;1-4,9H,(H,10,11). The molecule has 126 valence electrons. The van der Waals surface area contributed by atoms with E-state index in [1.54, 1.807) is 29.7 Å². The van der Waals surface area contributed by atoms with Gasteiger partial charge < -0.3 is 5.11 Å². The Bertz CT molecular complexity index is 889. The zero-order valence-electron chi connectivity index (χ0n) is 13.0. The summed E-state index contributed by atoms with van der Waals surface area (Å²) in [6.45, 7) is 2.91. The number of aryl methyl sites for hydroxylation is 1. The molecule has 7 heteroatoms. The highest BCUT2D eigenvalue weighted by molar-refractivity contribution is 7.13. The van der Waals surface area contributed by atoms with Crippen LogP contribution in [0.5, 0.6) is 0 Å². The first kappa shape index (κ1) is 18.0. The van der Waals surface area contributed by atoms with Crippen LogP contribution in [-0.4, -0.2) is 15.2 Å². The average molecular weight is 365 g/mol. The minimum atomic E-state index is -1.09. The van der Waals surface area contributed by atoms with E-state index in [2.05, 4.69) is 12.2 Å². The van der Waals surface area contributed by atoms with Gasteiger partial charge in [0.1, 0.15) is 0 Å². The van der Waals surface area contributed by atoms with Crippen LogP contribution in [0.4, 0.5) is 10.5 Å². The van der Waals surface area contributed by atoms with Gasteiger partial charge in [0.2, 0.25) is 0 Å². The maximum Gasteiger partial charge on any atom is 0.409 e. The van der Waals surface area contributed by atoms with Gasteiger partial charge in [-0.15, -0.1) is 0 Å². The number of benzene rings is 2. The number of aromatic nitrogens is 1. The molecular weight excluding hydrogens is 348 g/mol. The Morgan fingerprint density at radius 3 is 2.62 bits per heavy atom. The fourth-order valence-corrected chi connectivity index (χ4v) is 3.33. The molecule has 0 unspecified atom stereocenters. The number of nitrogens with zero attached hydrogens (tertiary/aromatic N) is 1. The fourth-order valence-electron chi connectivity index (χ4n) is 2.06.